The molecule has 0 bridgehead atoms. The molecule has 2 heteroatoms. The van der Waals surface area contributed by atoms with Crippen LogP contribution in [0.5, 0.6) is 5.75 Å². The summed E-state index contributed by atoms with van der Waals surface area (Å²) in [4.78, 5) is 0. The number of phenols is 1. The number of hydrogen-bond acceptors (Lipinski definition) is 1. The number of hydrogen-bond donors (Lipinski definition) is 1. The van der Waals surface area contributed by atoms with E-state index in [9.17, 15) is 0 Å². The van der Waals surface area contributed by atoms with Crippen LogP contribution in [0.15, 0.2) is 24.3 Å². The van der Waals surface area contributed by atoms with Gasteiger partial charge in [-0.3, -0.25) is 0 Å². The molecule has 9 heavy (non-hydrogen) atoms. The molecule has 1 aromatic rings. The van der Waals surface area contributed by atoms with Crippen LogP contribution in [0.3, 0.4) is 0 Å². The molecule has 0 aliphatic rings. The van der Waals surface area contributed by atoms with Gasteiger partial charge in [0.2, 0.25) is 0 Å². The monoisotopic (exact) mass is 148 g/mol. The molecule has 0 spiro atoms. The van der Waals surface area contributed by atoms with E-state index in [0.717, 1.165) is 5.56 Å². The molecular weight excluding hydrogens is 140 g/mol. The van der Waals surface area contributed by atoms with Crippen molar-refractivity contribution in [1.29, 1.82) is 0 Å². The van der Waals surface area contributed by atoms with E-state index in [0.29, 0.717) is 5.75 Å². The molecule has 0 amide bonds. The topological polar surface area (TPSA) is 20.2 Å². The van der Waals surface area contributed by atoms with E-state index in [1.54, 1.807) is 6.07 Å². The van der Waals surface area contributed by atoms with Crippen LogP contribution in [-0.4, -0.2) is 42.8 Å². The quantitative estimate of drug-likeness (QED) is 0.550. The molecule has 1 rings (SSSR count). The third-order valence-corrected chi connectivity index (χ3v) is 1.12. The van der Waals surface area contributed by atoms with Gasteiger partial charge in [0.15, 0.2) is 0 Å². The maximum atomic E-state index is 8.92. The summed E-state index contributed by atoms with van der Waals surface area (Å²) in [7, 11) is 0. The average Bonchev–Trinajstić information content (AvgIpc) is 1.77. The number of aromatic hydroxyl groups is 1. The smallest absolute Gasteiger partial charge is 0.118 e. The van der Waals surface area contributed by atoms with Gasteiger partial charge in [0.1, 0.15) is 5.75 Å². The van der Waals surface area contributed by atoms with Crippen LogP contribution in [0.1, 0.15) is 5.56 Å². The van der Waals surface area contributed by atoms with E-state index < -0.39 is 0 Å². The Morgan fingerprint density at radius 1 is 1.22 bits per heavy atom. The Labute approximate surface area is 84.7 Å². The van der Waals surface area contributed by atoms with Crippen molar-refractivity contribution in [2.45, 2.75) is 6.92 Å². The van der Waals surface area contributed by atoms with Gasteiger partial charge in [-0.15, -0.1) is 0 Å². The zero-order valence-corrected chi connectivity index (χ0v) is 7.67. The van der Waals surface area contributed by atoms with Crippen LogP contribution in [0, 0.1) is 6.92 Å². The van der Waals surface area contributed by atoms with E-state index in [4.69, 9.17) is 5.11 Å². The largest absolute Gasteiger partial charge is 0.508 e. The number of para-hydroxylation sites is 1. The Bertz CT molecular complexity index is 165. The molecule has 0 saturated carbocycles. The molecule has 2 radical (unpaired) electrons. The first-order chi connectivity index (χ1) is 3.80. The fourth-order valence-electron chi connectivity index (χ4n) is 0.563. The summed E-state index contributed by atoms with van der Waals surface area (Å²) >= 11 is 0. The summed E-state index contributed by atoms with van der Waals surface area (Å²) in [6.45, 7) is 1.87. The van der Waals surface area contributed by atoms with E-state index in [1.807, 2.05) is 25.1 Å². The van der Waals surface area contributed by atoms with Crippen LogP contribution in [0.4, 0.5) is 0 Å². The maximum absolute atomic E-state index is 8.92. The predicted octanol–water partition coefficient (Wildman–Crippen LogP) is 1.32. The molecule has 1 N–H and O–H groups in total. The van der Waals surface area contributed by atoms with Crippen LogP contribution in [0.25, 0.3) is 0 Å². The summed E-state index contributed by atoms with van der Waals surface area (Å²) in [6.07, 6.45) is 0. The van der Waals surface area contributed by atoms with Crippen molar-refractivity contribution in [3.63, 3.8) is 0 Å². The van der Waals surface area contributed by atoms with Crippen molar-refractivity contribution in [2.75, 3.05) is 0 Å². The summed E-state index contributed by atoms with van der Waals surface area (Å²) in [6, 6.07) is 7.25. The fourth-order valence-corrected chi connectivity index (χ4v) is 0.563. The summed E-state index contributed by atoms with van der Waals surface area (Å²) < 4.78 is 0. The van der Waals surface area contributed by atoms with Gasteiger partial charge >= 0.3 is 0 Å². The molecule has 0 atom stereocenters. The third-order valence-electron chi connectivity index (χ3n) is 1.12. The average molecular weight is 148 g/mol. The van der Waals surface area contributed by atoms with Gasteiger partial charge in [0.25, 0.3) is 0 Å². The van der Waals surface area contributed by atoms with Crippen molar-refractivity contribution in [1.82, 2.24) is 0 Å². The molecule has 0 aromatic heterocycles. The molecule has 1 aromatic carbocycles. The van der Waals surface area contributed by atoms with Crippen LogP contribution < -0.4 is 0 Å². The zero-order valence-electron chi connectivity index (χ0n) is 5.46. The molecule has 0 saturated heterocycles. The molecule has 0 heterocycles. The van der Waals surface area contributed by atoms with Gasteiger partial charge in [-0.2, -0.15) is 0 Å². The first-order valence-electron chi connectivity index (χ1n) is 2.55. The number of phenolic OH excluding ortho intramolecular Hbond substituents is 1. The number of benzene rings is 1. The van der Waals surface area contributed by atoms with E-state index >= 15 is 0 Å². The zero-order chi connectivity index (χ0) is 5.98. The Hall–Kier alpha value is 0.280. The molecule has 0 aliphatic heterocycles. The van der Waals surface area contributed by atoms with Gasteiger partial charge in [-0.25, -0.2) is 0 Å². The van der Waals surface area contributed by atoms with Crippen molar-refractivity contribution in [3.8, 4) is 5.75 Å². The van der Waals surface area contributed by atoms with Gasteiger partial charge in [-0.1, -0.05) is 18.2 Å². The van der Waals surface area contributed by atoms with Crippen LogP contribution in [0.2, 0.25) is 0 Å². The number of rotatable bonds is 0. The second-order valence-corrected chi connectivity index (χ2v) is 1.79. The summed E-state index contributed by atoms with van der Waals surface area (Å²) in [5.74, 6) is 0.368. The Kier molecular flexibility index (Phi) is 4.28. The SMILES string of the molecule is Cc1ccccc1O.[Ca]. The van der Waals surface area contributed by atoms with Crippen LogP contribution in [-0.2, 0) is 0 Å². The van der Waals surface area contributed by atoms with Crippen LogP contribution >= 0.6 is 0 Å². The van der Waals surface area contributed by atoms with Crippen molar-refractivity contribution in [2.24, 2.45) is 0 Å². The minimum atomic E-state index is 0. The molecular formula is C7H8CaO. The summed E-state index contributed by atoms with van der Waals surface area (Å²) in [5, 5.41) is 8.92. The van der Waals surface area contributed by atoms with Crippen molar-refractivity contribution < 1.29 is 5.11 Å². The fraction of sp³-hybridized carbons (Fsp3) is 0.143. The second kappa shape index (κ2) is 4.15. The van der Waals surface area contributed by atoms with E-state index in [2.05, 4.69) is 0 Å². The predicted molar refractivity (Wildman–Crippen MR) is 38.6 cm³/mol. The maximum Gasteiger partial charge on any atom is 0.118 e. The Morgan fingerprint density at radius 3 is 2.11 bits per heavy atom. The minimum Gasteiger partial charge on any atom is -0.508 e. The van der Waals surface area contributed by atoms with Gasteiger partial charge < -0.3 is 5.11 Å². The normalized spacial score (nSPS) is 8.11. The Balaban J connectivity index is 0.000000640. The molecule has 44 valence electrons. The molecule has 0 fully saturated rings. The van der Waals surface area contributed by atoms with E-state index in [-0.39, 0.29) is 37.7 Å². The molecule has 0 aliphatic carbocycles. The Morgan fingerprint density at radius 2 is 1.78 bits per heavy atom. The van der Waals surface area contributed by atoms with Gasteiger partial charge in [-0.05, 0) is 18.6 Å². The summed E-state index contributed by atoms with van der Waals surface area (Å²) in [5.41, 5.74) is 0.924. The molecule has 0 unspecified atom stereocenters. The number of aryl methyl sites for hydroxylation is 1. The standard InChI is InChI=1S/C7H8O.Ca/c1-6-4-2-3-5-7(6)8;/h2-5,8H,1H3;. The third kappa shape index (κ3) is 2.57. The van der Waals surface area contributed by atoms with E-state index in [1.165, 1.54) is 0 Å². The van der Waals surface area contributed by atoms with Crippen molar-refractivity contribution in [3.05, 3.63) is 29.8 Å². The van der Waals surface area contributed by atoms with Gasteiger partial charge in [0.05, 0.1) is 0 Å². The van der Waals surface area contributed by atoms with Gasteiger partial charge in [0, 0.05) is 37.7 Å². The second-order valence-electron chi connectivity index (χ2n) is 1.79. The molecule has 1 nitrogen and oxygen atoms in total. The minimum absolute atomic E-state index is 0. The first kappa shape index (κ1) is 9.28. The van der Waals surface area contributed by atoms with Crippen molar-refractivity contribution >= 4 is 37.7 Å². The first-order valence-corrected chi connectivity index (χ1v) is 2.55.